The van der Waals surface area contributed by atoms with Crippen LogP contribution in [0.25, 0.3) is 105 Å². The Bertz CT molecular complexity index is 5000. The highest BCUT2D eigenvalue weighted by Crippen LogP contribution is 2.52. The van der Waals surface area contributed by atoms with Crippen LogP contribution in [0.3, 0.4) is 0 Å². The van der Waals surface area contributed by atoms with Gasteiger partial charge in [0.1, 0.15) is 11.2 Å². The smallest absolute Gasteiger partial charge is 0.137 e. The summed E-state index contributed by atoms with van der Waals surface area (Å²) in [5, 5.41) is 7.11. The molecule has 16 rings (SSSR count). The molecule has 83 heavy (non-hydrogen) atoms. The first-order valence-corrected chi connectivity index (χ1v) is 28.6. The minimum absolute atomic E-state index is 0.228. The molecule has 0 fully saturated rings. The monoisotopic (exact) mass is 1060 g/mol. The van der Waals surface area contributed by atoms with E-state index in [0.29, 0.717) is 0 Å². The van der Waals surface area contributed by atoms with Crippen LogP contribution in [-0.2, 0) is 5.41 Å². The minimum atomic E-state index is -0.228. The van der Waals surface area contributed by atoms with E-state index in [1.54, 1.807) is 0 Å². The van der Waals surface area contributed by atoms with Crippen molar-refractivity contribution < 1.29 is 4.42 Å². The normalized spacial score (nSPS) is 12.6. The van der Waals surface area contributed by atoms with Crippen LogP contribution in [-0.4, -0.2) is 4.57 Å². The van der Waals surface area contributed by atoms with Gasteiger partial charge in [0.2, 0.25) is 0 Å². The van der Waals surface area contributed by atoms with Gasteiger partial charge in [-0.3, -0.25) is 0 Å². The van der Waals surface area contributed by atoms with Crippen LogP contribution >= 0.6 is 0 Å². The van der Waals surface area contributed by atoms with Gasteiger partial charge >= 0.3 is 0 Å². The molecule has 0 saturated carbocycles. The molecule has 0 atom stereocenters. The van der Waals surface area contributed by atoms with Crippen molar-refractivity contribution >= 4 is 88.6 Å². The number of aromatic nitrogens is 1. The van der Waals surface area contributed by atoms with Crippen LogP contribution in [0.2, 0.25) is 0 Å². The van der Waals surface area contributed by atoms with Crippen molar-refractivity contribution in [3.8, 4) is 50.2 Å². The maximum atomic E-state index is 6.73. The third-order valence-corrected chi connectivity index (χ3v) is 17.3. The summed E-state index contributed by atoms with van der Waals surface area (Å²) < 4.78 is 9.17. The van der Waals surface area contributed by atoms with E-state index in [0.717, 1.165) is 95.1 Å². The van der Waals surface area contributed by atoms with Gasteiger partial charge in [-0.25, -0.2) is 0 Å². The summed E-state index contributed by atoms with van der Waals surface area (Å²) in [5.74, 6) is 0. The van der Waals surface area contributed by atoms with E-state index in [1.807, 2.05) is 6.07 Å². The van der Waals surface area contributed by atoms with E-state index in [2.05, 4.69) is 319 Å². The second-order valence-corrected chi connectivity index (χ2v) is 22.5. The molecule has 1 aliphatic carbocycles. The average molecular weight is 1060 g/mol. The first-order chi connectivity index (χ1) is 40.9. The van der Waals surface area contributed by atoms with Crippen molar-refractivity contribution in [2.24, 2.45) is 0 Å². The lowest BCUT2D eigenvalue weighted by molar-refractivity contribution is 0.660. The Balaban J connectivity index is 0.979. The third kappa shape index (κ3) is 8.05. The van der Waals surface area contributed by atoms with Gasteiger partial charge in [-0.15, -0.1) is 0 Å². The van der Waals surface area contributed by atoms with E-state index >= 15 is 0 Å². The second-order valence-electron chi connectivity index (χ2n) is 22.5. The first-order valence-electron chi connectivity index (χ1n) is 28.6. The number of hydrogen-bond donors (Lipinski definition) is 0. The van der Waals surface area contributed by atoms with Crippen molar-refractivity contribution in [1.29, 1.82) is 0 Å². The fourth-order valence-corrected chi connectivity index (χ4v) is 13.3. The fourth-order valence-electron chi connectivity index (χ4n) is 13.3. The zero-order valence-corrected chi connectivity index (χ0v) is 46.0. The Labute approximate surface area is 482 Å². The molecule has 15 aromatic rings. The molecule has 2 aromatic heterocycles. The summed E-state index contributed by atoms with van der Waals surface area (Å²) in [5.41, 5.74) is 23.1. The van der Waals surface area contributed by atoms with E-state index in [-0.39, 0.29) is 5.41 Å². The van der Waals surface area contributed by atoms with Gasteiger partial charge in [-0.05, 0) is 163 Å². The lowest BCUT2D eigenvalue weighted by Crippen LogP contribution is -2.17. The topological polar surface area (TPSA) is 24.6 Å². The van der Waals surface area contributed by atoms with Gasteiger partial charge in [-0.1, -0.05) is 208 Å². The summed E-state index contributed by atoms with van der Waals surface area (Å²) in [4.78, 5) is 4.88. The second kappa shape index (κ2) is 19.3. The number of para-hydroxylation sites is 2. The number of furan rings is 1. The van der Waals surface area contributed by atoms with E-state index in [1.165, 1.54) is 54.9 Å². The number of hydrogen-bond acceptors (Lipinski definition) is 3. The first kappa shape index (κ1) is 48.2. The molecule has 4 heteroatoms. The average Bonchev–Trinajstić information content (AvgIpc) is 4.28. The van der Waals surface area contributed by atoms with Crippen LogP contribution in [0.5, 0.6) is 0 Å². The van der Waals surface area contributed by atoms with Crippen LogP contribution in [0.1, 0.15) is 25.0 Å². The molecule has 0 spiro atoms. The predicted octanol–water partition coefficient (Wildman–Crippen LogP) is 22.1. The van der Waals surface area contributed by atoms with Gasteiger partial charge in [-0.2, -0.15) is 0 Å². The maximum Gasteiger partial charge on any atom is 0.137 e. The number of nitrogens with zero attached hydrogens (tertiary/aromatic N) is 3. The van der Waals surface area contributed by atoms with E-state index in [9.17, 15) is 0 Å². The standard InChI is InChI=1S/C79H55N3O/c1-79(2)72-31-16-14-29-67(72)68-42-39-62(50-73(68)79)81(63-40-43-70-69-30-15-17-32-76(69)83-77(70)51-63)65-47-58(57-35-41-71-75(48-57)82(59-25-10-5-11-26-59)74-44-36-55-23-12-13-28-66(55)78(71)74)46-64(49-65)80(60-37-33-54(34-38-60)52-19-6-3-7-20-52)61-27-18-24-56(45-61)53-21-8-4-9-22-53/h3-51H,1-2H3. The van der Waals surface area contributed by atoms with Crippen molar-refractivity contribution in [2.45, 2.75) is 19.3 Å². The van der Waals surface area contributed by atoms with Crippen molar-refractivity contribution in [3.05, 3.63) is 308 Å². The Morgan fingerprint density at radius 2 is 0.843 bits per heavy atom. The number of rotatable bonds is 10. The van der Waals surface area contributed by atoms with Gasteiger partial charge in [0.25, 0.3) is 0 Å². The number of anilines is 6. The molecule has 0 aliphatic heterocycles. The molecule has 1 aliphatic rings. The summed E-state index contributed by atoms with van der Waals surface area (Å²) in [6, 6.07) is 109. The predicted molar refractivity (Wildman–Crippen MR) is 349 cm³/mol. The van der Waals surface area contributed by atoms with Crippen LogP contribution < -0.4 is 9.80 Å². The van der Waals surface area contributed by atoms with Gasteiger partial charge in [0, 0.05) is 72.8 Å². The minimum Gasteiger partial charge on any atom is -0.456 e. The molecular weight excluding hydrogens is 1010 g/mol. The molecule has 0 saturated heterocycles. The Morgan fingerprint density at radius 1 is 0.301 bits per heavy atom. The highest BCUT2D eigenvalue weighted by atomic mass is 16.3. The molecular formula is C79H55N3O. The molecule has 0 bridgehead atoms. The highest BCUT2D eigenvalue weighted by Gasteiger charge is 2.36. The summed E-state index contributed by atoms with van der Waals surface area (Å²) >= 11 is 0. The maximum absolute atomic E-state index is 6.73. The van der Waals surface area contributed by atoms with Gasteiger partial charge < -0.3 is 18.8 Å². The zero-order chi connectivity index (χ0) is 55.2. The van der Waals surface area contributed by atoms with Crippen molar-refractivity contribution in [1.82, 2.24) is 4.57 Å². The van der Waals surface area contributed by atoms with Crippen LogP contribution in [0.15, 0.2) is 302 Å². The summed E-state index contributed by atoms with van der Waals surface area (Å²) in [6.07, 6.45) is 0. The van der Waals surface area contributed by atoms with Gasteiger partial charge in [0.05, 0.1) is 11.0 Å². The zero-order valence-electron chi connectivity index (χ0n) is 46.0. The Kier molecular flexibility index (Phi) is 11.2. The van der Waals surface area contributed by atoms with E-state index in [4.69, 9.17) is 4.42 Å². The summed E-state index contributed by atoms with van der Waals surface area (Å²) in [7, 11) is 0. The fraction of sp³-hybridized carbons (Fsp3) is 0.0380. The number of benzene rings is 13. The van der Waals surface area contributed by atoms with Crippen molar-refractivity contribution in [2.75, 3.05) is 9.80 Å². The number of fused-ring (bicyclic) bond motifs is 11. The lowest BCUT2D eigenvalue weighted by Gasteiger charge is -2.31. The van der Waals surface area contributed by atoms with E-state index < -0.39 is 0 Å². The van der Waals surface area contributed by atoms with Crippen LogP contribution in [0.4, 0.5) is 34.1 Å². The SMILES string of the molecule is CC1(C)c2ccccc2-c2ccc(N(c3cc(-c4ccc5c6c7ccccc7ccc6n(-c6ccccc6)c5c4)cc(N(c4ccc(-c5ccccc5)cc4)c4cccc(-c5ccccc5)c4)c3)c3ccc4c(c3)oc3ccccc34)cc21. The van der Waals surface area contributed by atoms with Crippen molar-refractivity contribution in [3.63, 3.8) is 0 Å². The molecule has 13 aromatic carbocycles. The largest absolute Gasteiger partial charge is 0.456 e. The highest BCUT2D eigenvalue weighted by molar-refractivity contribution is 6.22. The quantitative estimate of drug-likeness (QED) is 0.136. The van der Waals surface area contributed by atoms with Crippen LogP contribution in [0, 0.1) is 0 Å². The molecule has 0 N–H and O–H groups in total. The molecule has 0 amide bonds. The Hall–Kier alpha value is -10.7. The lowest BCUT2D eigenvalue weighted by atomic mass is 9.82. The molecule has 2 heterocycles. The molecule has 4 nitrogen and oxygen atoms in total. The van der Waals surface area contributed by atoms with Gasteiger partial charge in [0.15, 0.2) is 0 Å². The molecule has 392 valence electrons. The Morgan fingerprint density at radius 3 is 1.64 bits per heavy atom. The molecule has 0 radical (unpaired) electrons. The third-order valence-electron chi connectivity index (χ3n) is 17.3. The molecule has 0 unspecified atom stereocenters. The summed E-state index contributed by atoms with van der Waals surface area (Å²) in [6.45, 7) is 4.73.